The summed E-state index contributed by atoms with van der Waals surface area (Å²) in [7, 11) is 0. The second-order valence-electron chi connectivity index (χ2n) is 3.43. The van der Waals surface area contributed by atoms with Gasteiger partial charge in [0, 0.05) is 0 Å². The van der Waals surface area contributed by atoms with Gasteiger partial charge in [0.1, 0.15) is 11.3 Å². The van der Waals surface area contributed by atoms with Crippen molar-refractivity contribution in [3.63, 3.8) is 0 Å². The summed E-state index contributed by atoms with van der Waals surface area (Å²) < 4.78 is 56.1. The van der Waals surface area contributed by atoms with Crippen LogP contribution in [0.15, 0.2) is 12.1 Å². The first kappa shape index (κ1) is 14.1. The van der Waals surface area contributed by atoms with E-state index in [4.69, 9.17) is 16.3 Å². The first-order valence-corrected chi connectivity index (χ1v) is 5.43. The lowest BCUT2D eigenvalue weighted by molar-refractivity contribution is -0.141. The Balaban J connectivity index is 3.08. The Labute approximate surface area is 101 Å². The third kappa shape index (κ3) is 3.49. The van der Waals surface area contributed by atoms with Gasteiger partial charge in [-0.25, -0.2) is 4.39 Å². The third-order valence-corrected chi connectivity index (χ3v) is 2.39. The van der Waals surface area contributed by atoms with Gasteiger partial charge in [-0.2, -0.15) is 13.2 Å². The van der Waals surface area contributed by atoms with E-state index in [1.165, 1.54) is 0 Å². The van der Waals surface area contributed by atoms with Gasteiger partial charge in [-0.3, -0.25) is 0 Å². The fourth-order valence-corrected chi connectivity index (χ4v) is 1.40. The molecule has 0 heterocycles. The maximum atomic E-state index is 13.3. The zero-order chi connectivity index (χ0) is 13.1. The van der Waals surface area contributed by atoms with Crippen LogP contribution in [0.25, 0.3) is 0 Å². The molecular formula is C11H11ClF4O. The highest BCUT2D eigenvalue weighted by Gasteiger charge is 2.38. The molecule has 1 rings (SSSR count). The maximum Gasteiger partial charge on any atom is 0.422 e. The van der Waals surface area contributed by atoms with Crippen molar-refractivity contribution in [1.82, 2.24) is 0 Å². The van der Waals surface area contributed by atoms with E-state index in [0.29, 0.717) is 6.42 Å². The van der Waals surface area contributed by atoms with E-state index in [9.17, 15) is 17.6 Å². The number of hydrogen-bond acceptors (Lipinski definition) is 1. The van der Waals surface area contributed by atoms with Crippen molar-refractivity contribution in [1.29, 1.82) is 0 Å². The maximum absolute atomic E-state index is 13.3. The molecule has 0 spiro atoms. The number of ether oxygens (including phenoxy) is 1. The fourth-order valence-electron chi connectivity index (χ4n) is 1.24. The summed E-state index contributed by atoms with van der Waals surface area (Å²) in [4.78, 5) is 0. The second-order valence-corrected chi connectivity index (χ2v) is 3.84. The summed E-state index contributed by atoms with van der Waals surface area (Å²) in [5, 5.41) is -0.569. The van der Waals surface area contributed by atoms with Gasteiger partial charge in [-0.05, 0) is 18.6 Å². The number of halogens is 5. The SMILES string of the molecule is CCCCOc1ccc(Cl)c(F)c1C(F)(F)F. The van der Waals surface area contributed by atoms with Crippen LogP contribution in [0.5, 0.6) is 5.75 Å². The Bertz CT molecular complexity index is 390. The number of rotatable bonds is 4. The minimum atomic E-state index is -4.82. The van der Waals surface area contributed by atoms with Crippen molar-refractivity contribution < 1.29 is 22.3 Å². The molecular weight excluding hydrogens is 260 g/mol. The van der Waals surface area contributed by atoms with Gasteiger partial charge in [-0.1, -0.05) is 24.9 Å². The van der Waals surface area contributed by atoms with Crippen molar-refractivity contribution in [3.05, 3.63) is 28.5 Å². The molecule has 0 unspecified atom stereocenters. The van der Waals surface area contributed by atoms with Crippen LogP contribution in [-0.2, 0) is 6.18 Å². The normalized spacial score (nSPS) is 11.6. The van der Waals surface area contributed by atoms with Crippen LogP contribution in [0, 0.1) is 5.82 Å². The highest BCUT2D eigenvalue weighted by molar-refractivity contribution is 6.30. The van der Waals surface area contributed by atoms with Crippen LogP contribution in [0.3, 0.4) is 0 Å². The predicted octanol–water partition coefficient (Wildman–Crippen LogP) is 4.68. The first-order valence-electron chi connectivity index (χ1n) is 5.06. The second kappa shape index (κ2) is 5.58. The molecule has 0 saturated heterocycles. The lowest BCUT2D eigenvalue weighted by Crippen LogP contribution is -2.12. The highest BCUT2D eigenvalue weighted by atomic mass is 35.5. The number of unbranched alkanes of at least 4 members (excludes halogenated alkanes) is 1. The van der Waals surface area contributed by atoms with Gasteiger partial charge in [0.25, 0.3) is 0 Å². The lowest BCUT2D eigenvalue weighted by atomic mass is 10.2. The van der Waals surface area contributed by atoms with Crippen LogP contribution in [0.4, 0.5) is 17.6 Å². The van der Waals surface area contributed by atoms with E-state index in [1.54, 1.807) is 0 Å². The smallest absolute Gasteiger partial charge is 0.422 e. The molecule has 0 saturated carbocycles. The average molecular weight is 271 g/mol. The van der Waals surface area contributed by atoms with Crippen molar-refractivity contribution in [2.45, 2.75) is 25.9 Å². The summed E-state index contributed by atoms with van der Waals surface area (Å²) in [5.41, 5.74) is -1.44. The summed E-state index contributed by atoms with van der Waals surface area (Å²) in [5.74, 6) is -2.01. The quantitative estimate of drug-likeness (QED) is 0.570. The molecule has 96 valence electrons. The van der Waals surface area contributed by atoms with Crippen molar-refractivity contribution >= 4 is 11.6 Å². The molecule has 0 aliphatic rings. The van der Waals surface area contributed by atoms with Gasteiger partial charge in [0.2, 0.25) is 0 Å². The van der Waals surface area contributed by atoms with Crippen LogP contribution >= 0.6 is 11.6 Å². The number of alkyl halides is 3. The van der Waals surface area contributed by atoms with Gasteiger partial charge in [-0.15, -0.1) is 0 Å². The van der Waals surface area contributed by atoms with Crippen LogP contribution in [0.2, 0.25) is 5.02 Å². The zero-order valence-corrected chi connectivity index (χ0v) is 9.83. The van der Waals surface area contributed by atoms with E-state index in [2.05, 4.69) is 0 Å². The van der Waals surface area contributed by atoms with Gasteiger partial charge in [0.15, 0.2) is 5.82 Å². The summed E-state index contributed by atoms with van der Waals surface area (Å²) in [6, 6.07) is 2.08. The van der Waals surface area contributed by atoms with Crippen LogP contribution in [-0.4, -0.2) is 6.61 Å². The topological polar surface area (TPSA) is 9.23 Å². The first-order chi connectivity index (χ1) is 7.88. The molecule has 0 N–H and O–H groups in total. The van der Waals surface area contributed by atoms with E-state index >= 15 is 0 Å². The van der Waals surface area contributed by atoms with Gasteiger partial charge in [0.05, 0.1) is 11.6 Å². The molecule has 0 aliphatic heterocycles. The molecule has 0 atom stereocenters. The molecule has 1 aromatic carbocycles. The van der Waals surface area contributed by atoms with E-state index in [-0.39, 0.29) is 6.61 Å². The molecule has 0 aliphatic carbocycles. The number of hydrogen-bond donors (Lipinski definition) is 0. The highest BCUT2D eigenvalue weighted by Crippen LogP contribution is 2.40. The molecule has 6 heteroatoms. The molecule has 0 bridgehead atoms. The molecule has 0 aromatic heterocycles. The zero-order valence-electron chi connectivity index (χ0n) is 9.07. The Morgan fingerprint density at radius 3 is 2.47 bits per heavy atom. The molecule has 1 aromatic rings. The Morgan fingerprint density at radius 1 is 1.29 bits per heavy atom. The minimum Gasteiger partial charge on any atom is -0.493 e. The van der Waals surface area contributed by atoms with E-state index in [0.717, 1.165) is 18.6 Å². The minimum absolute atomic E-state index is 0.112. The van der Waals surface area contributed by atoms with Crippen molar-refractivity contribution in [3.8, 4) is 5.75 Å². The largest absolute Gasteiger partial charge is 0.493 e. The van der Waals surface area contributed by atoms with Crippen molar-refractivity contribution in [2.24, 2.45) is 0 Å². The molecule has 0 amide bonds. The van der Waals surface area contributed by atoms with Crippen LogP contribution in [0.1, 0.15) is 25.3 Å². The fraction of sp³-hybridized carbons (Fsp3) is 0.455. The predicted molar refractivity (Wildman–Crippen MR) is 56.8 cm³/mol. The van der Waals surface area contributed by atoms with Gasteiger partial charge >= 0.3 is 6.18 Å². The molecule has 0 fully saturated rings. The van der Waals surface area contributed by atoms with E-state index < -0.39 is 28.3 Å². The number of benzene rings is 1. The van der Waals surface area contributed by atoms with Gasteiger partial charge < -0.3 is 4.74 Å². The lowest BCUT2D eigenvalue weighted by Gasteiger charge is -2.15. The monoisotopic (exact) mass is 270 g/mol. The molecule has 17 heavy (non-hydrogen) atoms. The summed E-state index contributed by atoms with van der Waals surface area (Å²) in [6.45, 7) is 1.98. The Hall–Kier alpha value is -0.970. The standard InChI is InChI=1S/C11H11ClF4O/c1-2-3-6-17-8-5-4-7(12)10(13)9(8)11(14,15)16/h4-5H,2-3,6H2,1H3. The van der Waals surface area contributed by atoms with E-state index in [1.807, 2.05) is 6.92 Å². The Morgan fingerprint density at radius 2 is 1.94 bits per heavy atom. The molecule has 1 nitrogen and oxygen atoms in total. The third-order valence-electron chi connectivity index (χ3n) is 2.10. The van der Waals surface area contributed by atoms with Crippen molar-refractivity contribution in [2.75, 3.05) is 6.61 Å². The van der Waals surface area contributed by atoms with Crippen LogP contribution < -0.4 is 4.74 Å². The summed E-state index contributed by atoms with van der Waals surface area (Å²) in [6.07, 6.45) is -3.45. The summed E-state index contributed by atoms with van der Waals surface area (Å²) >= 11 is 5.32. The Kier molecular flexibility index (Phi) is 4.62. The average Bonchev–Trinajstić information content (AvgIpc) is 2.22. The molecule has 0 radical (unpaired) electrons.